The lowest BCUT2D eigenvalue weighted by Crippen LogP contribution is -2.44. The Morgan fingerprint density at radius 1 is 1.33 bits per heavy atom. The molecule has 2 aliphatic rings. The van der Waals surface area contributed by atoms with E-state index in [1.807, 2.05) is 13.0 Å². The molecular weight excluding hydrogens is 340 g/mol. The number of ether oxygens (including phenoxy) is 2. The van der Waals surface area contributed by atoms with E-state index in [-0.39, 0.29) is 11.9 Å². The van der Waals surface area contributed by atoms with Gasteiger partial charge >= 0.3 is 5.97 Å². The van der Waals surface area contributed by atoms with Crippen LogP contribution in [0.4, 0.5) is 0 Å². The Balaban J connectivity index is 1.71. The molecule has 0 spiro atoms. The number of methoxy groups -OCH3 is 1. The van der Waals surface area contributed by atoms with E-state index < -0.39 is 0 Å². The van der Waals surface area contributed by atoms with Gasteiger partial charge in [-0.05, 0) is 38.5 Å². The normalized spacial score (nSPS) is 22.8. The van der Waals surface area contributed by atoms with Crippen LogP contribution in [0.3, 0.4) is 0 Å². The summed E-state index contributed by atoms with van der Waals surface area (Å²) in [5.41, 5.74) is 0. The summed E-state index contributed by atoms with van der Waals surface area (Å²) in [6.07, 6.45) is 12.8. The number of likely N-dealkylation sites (tertiary alicyclic amines) is 1. The minimum atomic E-state index is -0.120. The van der Waals surface area contributed by atoms with Gasteiger partial charge in [0.15, 0.2) is 5.90 Å². The molecule has 0 aromatic rings. The monoisotopic (exact) mass is 378 g/mol. The molecule has 1 saturated heterocycles. The van der Waals surface area contributed by atoms with Crippen molar-refractivity contribution < 1.29 is 14.3 Å². The van der Waals surface area contributed by atoms with Crippen LogP contribution in [0, 0.1) is 11.8 Å². The van der Waals surface area contributed by atoms with Crippen LogP contribution in [0.2, 0.25) is 0 Å². The van der Waals surface area contributed by atoms with E-state index in [1.165, 1.54) is 33.0 Å². The highest BCUT2D eigenvalue weighted by Crippen LogP contribution is 2.21. The number of unbranched alkanes of at least 4 members (excludes halogenated alkanes) is 1. The zero-order chi connectivity index (χ0) is 19.5. The molecule has 5 nitrogen and oxygen atoms in total. The number of carbonyl (C=O) groups excluding carboxylic acids is 1. The summed E-state index contributed by atoms with van der Waals surface area (Å²) >= 11 is 0. The predicted octanol–water partition coefficient (Wildman–Crippen LogP) is 4.22. The Hall–Kier alpha value is -1.36. The maximum atomic E-state index is 12.1. The van der Waals surface area contributed by atoms with Crippen molar-refractivity contribution in [3.8, 4) is 0 Å². The molecule has 0 aromatic heterocycles. The molecule has 0 unspecified atom stereocenters. The average molecular weight is 379 g/mol. The fourth-order valence-electron chi connectivity index (χ4n) is 4.01. The predicted molar refractivity (Wildman–Crippen MR) is 110 cm³/mol. The van der Waals surface area contributed by atoms with Gasteiger partial charge in [0, 0.05) is 26.1 Å². The van der Waals surface area contributed by atoms with E-state index in [2.05, 4.69) is 17.9 Å². The van der Waals surface area contributed by atoms with Gasteiger partial charge < -0.3 is 9.47 Å². The standard InChI is InChI=1S/C22H38N2O3/c1-4-27-21-14-8-7-13-20(23-21)12-6-5-10-19(22(25)26-3)11-9-15-24-16-18(2)17-24/h9,11,18-20H,4-8,10,12-17H2,1-3H3/b11-9-/t19-,20-/m1/s1. The van der Waals surface area contributed by atoms with Crippen molar-refractivity contribution in [2.45, 2.75) is 71.3 Å². The van der Waals surface area contributed by atoms with Gasteiger partial charge in [0.05, 0.1) is 25.7 Å². The Bertz CT molecular complexity index is 498. The molecule has 0 bridgehead atoms. The van der Waals surface area contributed by atoms with E-state index >= 15 is 0 Å². The molecule has 2 aliphatic heterocycles. The Labute approximate surface area is 165 Å². The van der Waals surface area contributed by atoms with E-state index in [0.29, 0.717) is 12.6 Å². The SMILES string of the molecule is CCOC1=N[C@H](CCCC[C@H](/C=C\CN2CC(C)C2)C(=O)OC)CCCC1. The topological polar surface area (TPSA) is 51.1 Å². The maximum Gasteiger partial charge on any atom is 0.312 e. The average Bonchev–Trinajstić information content (AvgIpc) is 2.86. The van der Waals surface area contributed by atoms with Gasteiger partial charge in [-0.3, -0.25) is 14.7 Å². The Morgan fingerprint density at radius 2 is 2.15 bits per heavy atom. The van der Waals surface area contributed by atoms with Crippen LogP contribution in [0.15, 0.2) is 17.1 Å². The molecular formula is C22H38N2O3. The first-order valence-corrected chi connectivity index (χ1v) is 10.8. The highest BCUT2D eigenvalue weighted by atomic mass is 16.5. The zero-order valence-electron chi connectivity index (χ0n) is 17.5. The fraction of sp³-hybridized carbons (Fsp3) is 0.818. The first-order valence-electron chi connectivity index (χ1n) is 10.8. The van der Waals surface area contributed by atoms with Crippen LogP contribution >= 0.6 is 0 Å². The summed E-state index contributed by atoms with van der Waals surface area (Å²) in [5.74, 6) is 1.51. The van der Waals surface area contributed by atoms with Crippen molar-refractivity contribution in [1.29, 1.82) is 0 Å². The summed E-state index contributed by atoms with van der Waals surface area (Å²) < 4.78 is 10.6. The maximum absolute atomic E-state index is 12.1. The lowest BCUT2D eigenvalue weighted by Gasteiger charge is -2.36. The van der Waals surface area contributed by atoms with Crippen molar-refractivity contribution >= 4 is 11.9 Å². The summed E-state index contributed by atoms with van der Waals surface area (Å²) in [7, 11) is 1.48. The van der Waals surface area contributed by atoms with Crippen LogP contribution in [-0.2, 0) is 14.3 Å². The first kappa shape index (κ1) is 21.9. The third-order valence-electron chi connectivity index (χ3n) is 5.49. The summed E-state index contributed by atoms with van der Waals surface area (Å²) in [4.78, 5) is 19.3. The molecule has 0 aromatic carbocycles. The van der Waals surface area contributed by atoms with Gasteiger partial charge in [-0.15, -0.1) is 0 Å². The molecule has 0 radical (unpaired) electrons. The molecule has 27 heavy (non-hydrogen) atoms. The van der Waals surface area contributed by atoms with Crippen LogP contribution in [0.1, 0.15) is 65.2 Å². The molecule has 154 valence electrons. The summed E-state index contributed by atoms with van der Waals surface area (Å²) in [5, 5.41) is 0. The van der Waals surface area contributed by atoms with Crippen molar-refractivity contribution in [1.82, 2.24) is 4.90 Å². The number of esters is 1. The van der Waals surface area contributed by atoms with Crippen LogP contribution in [-0.4, -0.2) is 56.2 Å². The van der Waals surface area contributed by atoms with E-state index in [4.69, 9.17) is 14.5 Å². The third-order valence-corrected chi connectivity index (χ3v) is 5.49. The molecule has 5 heteroatoms. The Morgan fingerprint density at radius 3 is 2.85 bits per heavy atom. The second kappa shape index (κ2) is 12.2. The molecule has 0 saturated carbocycles. The van der Waals surface area contributed by atoms with Crippen LogP contribution < -0.4 is 0 Å². The number of carbonyl (C=O) groups is 1. The van der Waals surface area contributed by atoms with E-state index in [1.54, 1.807) is 0 Å². The van der Waals surface area contributed by atoms with Crippen LogP contribution in [0.25, 0.3) is 0 Å². The van der Waals surface area contributed by atoms with E-state index in [9.17, 15) is 4.79 Å². The number of rotatable bonds is 10. The van der Waals surface area contributed by atoms with Crippen molar-refractivity contribution in [3.63, 3.8) is 0 Å². The quantitative estimate of drug-likeness (QED) is 0.324. The third kappa shape index (κ3) is 8.04. The lowest BCUT2D eigenvalue weighted by molar-refractivity contribution is -0.143. The minimum absolute atomic E-state index is 0.116. The van der Waals surface area contributed by atoms with Crippen LogP contribution in [0.5, 0.6) is 0 Å². The van der Waals surface area contributed by atoms with Crippen molar-refractivity contribution in [2.24, 2.45) is 16.8 Å². The number of nitrogens with zero attached hydrogens (tertiary/aromatic N) is 2. The number of aliphatic imine (C=N–C) groups is 1. The zero-order valence-corrected chi connectivity index (χ0v) is 17.5. The van der Waals surface area contributed by atoms with Gasteiger partial charge in [-0.1, -0.05) is 38.3 Å². The summed E-state index contributed by atoms with van der Waals surface area (Å²) in [6.45, 7) is 8.26. The van der Waals surface area contributed by atoms with Gasteiger partial charge in [0.2, 0.25) is 0 Å². The lowest BCUT2D eigenvalue weighted by atomic mass is 9.97. The molecule has 0 N–H and O–H groups in total. The van der Waals surface area contributed by atoms with Gasteiger partial charge in [0.25, 0.3) is 0 Å². The highest BCUT2D eigenvalue weighted by Gasteiger charge is 2.21. The van der Waals surface area contributed by atoms with Gasteiger partial charge in [0.1, 0.15) is 0 Å². The number of hydrogen-bond acceptors (Lipinski definition) is 5. The highest BCUT2D eigenvalue weighted by molar-refractivity contribution is 5.76. The van der Waals surface area contributed by atoms with Gasteiger partial charge in [-0.25, -0.2) is 0 Å². The minimum Gasteiger partial charge on any atom is -0.481 e. The second-order valence-electron chi connectivity index (χ2n) is 8.02. The van der Waals surface area contributed by atoms with Crippen molar-refractivity contribution in [3.05, 3.63) is 12.2 Å². The smallest absolute Gasteiger partial charge is 0.312 e. The molecule has 2 rings (SSSR count). The Kier molecular flexibility index (Phi) is 9.89. The summed E-state index contributed by atoms with van der Waals surface area (Å²) in [6, 6.07) is 0.384. The second-order valence-corrected chi connectivity index (χ2v) is 8.02. The molecule has 2 atom stereocenters. The fourth-order valence-corrected chi connectivity index (χ4v) is 4.01. The van der Waals surface area contributed by atoms with Crippen molar-refractivity contribution in [2.75, 3.05) is 33.4 Å². The van der Waals surface area contributed by atoms with Gasteiger partial charge in [-0.2, -0.15) is 0 Å². The van der Waals surface area contributed by atoms with E-state index in [0.717, 1.165) is 56.9 Å². The number of hydrogen-bond donors (Lipinski definition) is 0. The molecule has 2 heterocycles. The molecule has 0 amide bonds. The molecule has 1 fully saturated rings. The largest absolute Gasteiger partial charge is 0.481 e. The first-order chi connectivity index (χ1) is 13.1. The molecule has 0 aliphatic carbocycles.